The standard InChI is InChI=1S/C12H9AsO3/c1-4-10(14-7-1)13(11-5-2-8-15-11)12-6-3-9-16-12/h1-9H. The summed E-state index contributed by atoms with van der Waals surface area (Å²) >= 11 is -1.74. The van der Waals surface area contributed by atoms with Crippen LogP contribution in [0.4, 0.5) is 0 Å². The molecule has 3 nitrogen and oxygen atoms in total. The first-order valence-electron chi connectivity index (χ1n) is 4.86. The Kier molecular flexibility index (Phi) is 2.47. The summed E-state index contributed by atoms with van der Waals surface area (Å²) in [5, 5.41) is 0. The number of hydrogen-bond donors (Lipinski definition) is 0. The van der Waals surface area contributed by atoms with Gasteiger partial charge in [-0.05, 0) is 0 Å². The third kappa shape index (κ3) is 1.63. The molecule has 0 bridgehead atoms. The Labute approximate surface area is 96.9 Å². The van der Waals surface area contributed by atoms with Gasteiger partial charge in [0.2, 0.25) is 0 Å². The monoisotopic (exact) mass is 276 g/mol. The minimum absolute atomic E-state index is 0.956. The van der Waals surface area contributed by atoms with Crippen molar-refractivity contribution in [2.24, 2.45) is 0 Å². The summed E-state index contributed by atoms with van der Waals surface area (Å²) in [6.45, 7) is 0. The average Bonchev–Trinajstić information content (AvgIpc) is 3.02. The van der Waals surface area contributed by atoms with E-state index in [-0.39, 0.29) is 0 Å². The van der Waals surface area contributed by atoms with Crippen molar-refractivity contribution in [3.05, 3.63) is 55.2 Å². The van der Waals surface area contributed by atoms with E-state index < -0.39 is 14.7 Å². The Morgan fingerprint density at radius 2 is 1.00 bits per heavy atom. The van der Waals surface area contributed by atoms with Crippen LogP contribution < -0.4 is 13.6 Å². The van der Waals surface area contributed by atoms with Crippen molar-refractivity contribution in [2.45, 2.75) is 0 Å². The second-order valence-electron chi connectivity index (χ2n) is 3.19. The van der Waals surface area contributed by atoms with Gasteiger partial charge in [-0.2, -0.15) is 0 Å². The summed E-state index contributed by atoms with van der Waals surface area (Å²) in [4.78, 5) is 0. The first kappa shape index (κ1) is 9.61. The Hall–Kier alpha value is -1.60. The molecule has 0 unspecified atom stereocenters. The zero-order chi connectivity index (χ0) is 10.8. The Morgan fingerprint density at radius 3 is 1.25 bits per heavy atom. The molecule has 80 valence electrons. The van der Waals surface area contributed by atoms with Crippen molar-refractivity contribution in [3.8, 4) is 0 Å². The van der Waals surface area contributed by atoms with Crippen LogP contribution in [0.2, 0.25) is 0 Å². The minimum atomic E-state index is -1.74. The van der Waals surface area contributed by atoms with Crippen LogP contribution in [0.3, 0.4) is 0 Å². The van der Waals surface area contributed by atoms with Gasteiger partial charge >= 0.3 is 96.7 Å². The van der Waals surface area contributed by atoms with Gasteiger partial charge in [0.05, 0.1) is 0 Å². The number of furan rings is 3. The molecule has 0 fully saturated rings. The van der Waals surface area contributed by atoms with E-state index in [1.54, 1.807) is 18.8 Å². The second-order valence-corrected chi connectivity index (χ2v) is 7.37. The predicted molar refractivity (Wildman–Crippen MR) is 60.8 cm³/mol. The zero-order valence-corrected chi connectivity index (χ0v) is 10.2. The van der Waals surface area contributed by atoms with E-state index >= 15 is 0 Å². The molecule has 16 heavy (non-hydrogen) atoms. The van der Waals surface area contributed by atoms with Crippen LogP contribution >= 0.6 is 0 Å². The molecule has 0 aliphatic carbocycles. The fourth-order valence-corrected chi connectivity index (χ4v) is 5.41. The molecule has 3 heterocycles. The SMILES string of the molecule is c1coc([As](c2ccco2)c2ccco2)c1. The van der Waals surface area contributed by atoms with Crippen molar-refractivity contribution >= 4 is 28.3 Å². The average molecular weight is 276 g/mol. The van der Waals surface area contributed by atoms with Crippen molar-refractivity contribution in [3.63, 3.8) is 0 Å². The molecule has 4 heteroatoms. The van der Waals surface area contributed by atoms with Crippen LogP contribution in [0.15, 0.2) is 68.4 Å². The second kappa shape index (κ2) is 4.11. The quantitative estimate of drug-likeness (QED) is 0.669. The van der Waals surface area contributed by atoms with Crippen LogP contribution in [0.1, 0.15) is 0 Å². The van der Waals surface area contributed by atoms with Gasteiger partial charge in [0.1, 0.15) is 0 Å². The molecule has 0 N–H and O–H groups in total. The third-order valence-electron chi connectivity index (χ3n) is 2.18. The van der Waals surface area contributed by atoms with E-state index in [0.29, 0.717) is 0 Å². The molecule has 0 radical (unpaired) electrons. The van der Waals surface area contributed by atoms with Gasteiger partial charge in [-0.15, -0.1) is 0 Å². The van der Waals surface area contributed by atoms with Crippen molar-refractivity contribution in [1.82, 2.24) is 0 Å². The summed E-state index contributed by atoms with van der Waals surface area (Å²) in [6.07, 6.45) is 5.05. The van der Waals surface area contributed by atoms with E-state index in [1.165, 1.54) is 0 Å². The Morgan fingerprint density at radius 1 is 0.625 bits per heavy atom. The summed E-state index contributed by atoms with van der Waals surface area (Å²) in [6, 6.07) is 11.6. The molecule has 0 aliphatic rings. The van der Waals surface area contributed by atoms with Crippen LogP contribution in [0, 0.1) is 0 Å². The molecule has 0 saturated carbocycles. The van der Waals surface area contributed by atoms with Crippen molar-refractivity contribution in [2.75, 3.05) is 0 Å². The first-order chi connectivity index (χ1) is 7.95. The molecule has 3 rings (SSSR count). The maximum absolute atomic E-state index is 5.49. The van der Waals surface area contributed by atoms with Crippen LogP contribution in [-0.4, -0.2) is 14.7 Å². The van der Waals surface area contributed by atoms with Crippen molar-refractivity contribution < 1.29 is 13.3 Å². The number of hydrogen-bond acceptors (Lipinski definition) is 3. The predicted octanol–water partition coefficient (Wildman–Crippen LogP) is 0.982. The van der Waals surface area contributed by atoms with Gasteiger partial charge in [0, 0.05) is 0 Å². The molecule has 0 aromatic carbocycles. The van der Waals surface area contributed by atoms with Crippen LogP contribution in [-0.2, 0) is 0 Å². The molecular weight excluding hydrogens is 267 g/mol. The molecule has 0 atom stereocenters. The molecule has 0 spiro atoms. The molecule has 0 aliphatic heterocycles. The third-order valence-corrected chi connectivity index (χ3v) is 6.56. The van der Waals surface area contributed by atoms with E-state index in [2.05, 4.69) is 0 Å². The summed E-state index contributed by atoms with van der Waals surface area (Å²) < 4.78 is 19.3. The maximum atomic E-state index is 5.49. The van der Waals surface area contributed by atoms with Crippen molar-refractivity contribution in [1.29, 1.82) is 0 Å². The Bertz CT molecular complexity index is 441. The Balaban J connectivity index is 2.09. The molecule has 3 aromatic rings. The number of rotatable bonds is 3. The van der Waals surface area contributed by atoms with Crippen LogP contribution in [0.5, 0.6) is 0 Å². The van der Waals surface area contributed by atoms with E-state index in [0.717, 1.165) is 13.6 Å². The fourth-order valence-electron chi connectivity index (χ4n) is 1.52. The van der Waals surface area contributed by atoms with E-state index in [1.807, 2.05) is 36.4 Å². The van der Waals surface area contributed by atoms with Gasteiger partial charge in [-0.1, -0.05) is 0 Å². The molecule has 0 amide bonds. The zero-order valence-electron chi connectivity index (χ0n) is 8.37. The van der Waals surface area contributed by atoms with E-state index in [9.17, 15) is 0 Å². The van der Waals surface area contributed by atoms with Gasteiger partial charge in [0.15, 0.2) is 0 Å². The topological polar surface area (TPSA) is 39.4 Å². The van der Waals surface area contributed by atoms with Gasteiger partial charge < -0.3 is 0 Å². The normalized spacial score (nSPS) is 11.1. The van der Waals surface area contributed by atoms with Gasteiger partial charge in [0.25, 0.3) is 0 Å². The summed E-state index contributed by atoms with van der Waals surface area (Å²) in [7, 11) is 0. The summed E-state index contributed by atoms with van der Waals surface area (Å²) in [5.41, 5.74) is 0. The fraction of sp³-hybridized carbons (Fsp3) is 0. The molecule has 3 aromatic heterocycles. The van der Waals surface area contributed by atoms with E-state index in [4.69, 9.17) is 13.3 Å². The van der Waals surface area contributed by atoms with Gasteiger partial charge in [-0.3, -0.25) is 0 Å². The summed E-state index contributed by atoms with van der Waals surface area (Å²) in [5.74, 6) is 0. The first-order valence-corrected chi connectivity index (χ1v) is 7.67. The molecular formula is C12H9AsO3. The van der Waals surface area contributed by atoms with Gasteiger partial charge in [-0.25, -0.2) is 0 Å². The molecule has 0 saturated heterocycles. The van der Waals surface area contributed by atoms with Crippen LogP contribution in [0.25, 0.3) is 0 Å².